The van der Waals surface area contributed by atoms with Gasteiger partial charge in [-0.3, -0.25) is 0 Å². The van der Waals surface area contributed by atoms with Gasteiger partial charge >= 0.3 is 6.01 Å². The number of nitrogens with zero attached hydrogens (tertiary/aromatic N) is 5. The Labute approximate surface area is 160 Å². The molecule has 1 heterocycles. The maximum absolute atomic E-state index is 12.5. The molecule has 0 radical (unpaired) electrons. The summed E-state index contributed by atoms with van der Waals surface area (Å²) in [6.07, 6.45) is 0. The smallest absolute Gasteiger partial charge is 0.323 e. The van der Waals surface area contributed by atoms with E-state index in [1.54, 1.807) is 28.9 Å². The van der Waals surface area contributed by atoms with E-state index >= 15 is 0 Å². The first-order valence-electron chi connectivity index (χ1n) is 8.40. The van der Waals surface area contributed by atoms with E-state index in [4.69, 9.17) is 4.74 Å². The third-order valence-electron chi connectivity index (χ3n) is 3.65. The quantitative estimate of drug-likeness (QED) is 0.661. The predicted octanol–water partition coefficient (Wildman–Crippen LogP) is 0.978. The first-order chi connectivity index (χ1) is 12.6. The highest BCUT2D eigenvalue weighted by molar-refractivity contribution is 7.89. The van der Waals surface area contributed by atoms with Crippen molar-refractivity contribution in [2.24, 2.45) is 0 Å². The van der Waals surface area contributed by atoms with E-state index < -0.39 is 10.0 Å². The van der Waals surface area contributed by atoms with Crippen LogP contribution in [0.1, 0.15) is 11.1 Å². The van der Waals surface area contributed by atoms with Crippen LogP contribution >= 0.6 is 0 Å². The Morgan fingerprint density at radius 2 is 1.59 bits per heavy atom. The number of aromatic nitrogens is 3. The molecule has 27 heavy (non-hydrogen) atoms. The summed E-state index contributed by atoms with van der Waals surface area (Å²) in [5, 5.41) is 0. The molecule has 0 spiro atoms. The first-order valence-corrected chi connectivity index (χ1v) is 9.89. The van der Waals surface area contributed by atoms with Crippen molar-refractivity contribution in [2.75, 3.05) is 51.1 Å². The Hall–Kier alpha value is -2.46. The zero-order valence-corrected chi connectivity index (χ0v) is 17.3. The largest absolute Gasteiger partial charge is 0.462 e. The predicted molar refractivity (Wildman–Crippen MR) is 105 cm³/mol. The van der Waals surface area contributed by atoms with Crippen LogP contribution in [0.3, 0.4) is 0 Å². The van der Waals surface area contributed by atoms with Gasteiger partial charge in [0.15, 0.2) is 0 Å². The summed E-state index contributed by atoms with van der Waals surface area (Å²) in [5.74, 6) is 0.916. The fourth-order valence-electron chi connectivity index (χ4n) is 2.19. The Kier molecular flexibility index (Phi) is 6.55. The van der Waals surface area contributed by atoms with Gasteiger partial charge in [-0.25, -0.2) is 13.1 Å². The lowest BCUT2D eigenvalue weighted by Gasteiger charge is -2.16. The molecule has 10 heteroatoms. The van der Waals surface area contributed by atoms with E-state index in [1.807, 2.05) is 41.2 Å². The van der Waals surface area contributed by atoms with E-state index in [0.29, 0.717) is 17.5 Å². The van der Waals surface area contributed by atoms with Crippen molar-refractivity contribution in [1.29, 1.82) is 0 Å². The molecule has 0 aliphatic heterocycles. The number of hydrogen-bond donors (Lipinski definition) is 1. The molecule has 2 rings (SSSR count). The SMILES string of the molecule is Cc1ccc(C)c(S(=O)(=O)NCCOc2nc(N(C)C)nc(N(C)C)n2)c1. The molecule has 9 nitrogen and oxygen atoms in total. The Morgan fingerprint density at radius 3 is 2.15 bits per heavy atom. The minimum absolute atomic E-state index is 0.0911. The van der Waals surface area contributed by atoms with Gasteiger partial charge in [0.2, 0.25) is 21.9 Å². The summed E-state index contributed by atoms with van der Waals surface area (Å²) in [5.41, 5.74) is 1.58. The van der Waals surface area contributed by atoms with Gasteiger partial charge < -0.3 is 14.5 Å². The molecule has 0 fully saturated rings. The fraction of sp³-hybridized carbons (Fsp3) is 0.471. The second-order valence-corrected chi connectivity index (χ2v) is 8.26. The summed E-state index contributed by atoms with van der Waals surface area (Å²) < 4.78 is 33.0. The van der Waals surface area contributed by atoms with Gasteiger partial charge in [0, 0.05) is 34.7 Å². The number of anilines is 2. The number of benzene rings is 1. The molecule has 0 atom stereocenters. The first kappa shape index (κ1) is 20.8. The average molecular weight is 395 g/mol. The number of ether oxygens (including phenoxy) is 1. The molecule has 0 aliphatic rings. The van der Waals surface area contributed by atoms with E-state index in [-0.39, 0.29) is 24.1 Å². The number of rotatable bonds is 8. The molecule has 1 aromatic heterocycles. The van der Waals surface area contributed by atoms with Crippen LogP contribution in [0, 0.1) is 13.8 Å². The van der Waals surface area contributed by atoms with Crippen molar-refractivity contribution in [3.8, 4) is 6.01 Å². The molecule has 0 saturated carbocycles. The average Bonchev–Trinajstić information content (AvgIpc) is 2.60. The standard InChI is InChI=1S/C17H26N6O3S/c1-12-7-8-13(2)14(11-12)27(24,25)18-9-10-26-17-20-15(22(3)4)19-16(21-17)23(5)6/h7-8,11,18H,9-10H2,1-6H3. The maximum Gasteiger partial charge on any atom is 0.323 e. The second kappa shape index (κ2) is 8.49. The Morgan fingerprint density at radius 1 is 1.00 bits per heavy atom. The van der Waals surface area contributed by atoms with Crippen LogP contribution in [0.2, 0.25) is 0 Å². The molecule has 1 aromatic carbocycles. The van der Waals surface area contributed by atoms with Crippen LogP contribution in [-0.2, 0) is 10.0 Å². The van der Waals surface area contributed by atoms with Crippen LogP contribution in [0.4, 0.5) is 11.9 Å². The highest BCUT2D eigenvalue weighted by Crippen LogP contribution is 2.17. The van der Waals surface area contributed by atoms with Crippen molar-refractivity contribution in [1.82, 2.24) is 19.7 Å². The van der Waals surface area contributed by atoms with E-state index in [2.05, 4.69) is 19.7 Å². The summed E-state index contributed by atoms with van der Waals surface area (Å²) in [6.45, 7) is 3.80. The highest BCUT2D eigenvalue weighted by Gasteiger charge is 2.17. The molecule has 0 unspecified atom stereocenters. The third-order valence-corrected chi connectivity index (χ3v) is 5.25. The van der Waals surface area contributed by atoms with Crippen LogP contribution in [-0.4, -0.2) is 64.7 Å². The zero-order valence-electron chi connectivity index (χ0n) is 16.5. The summed E-state index contributed by atoms with van der Waals surface area (Å²) in [7, 11) is 3.65. The summed E-state index contributed by atoms with van der Waals surface area (Å²) in [6, 6.07) is 5.46. The normalized spacial score (nSPS) is 11.3. The van der Waals surface area contributed by atoms with Crippen LogP contribution in [0.25, 0.3) is 0 Å². The Bertz CT molecular complexity index is 873. The molecule has 0 saturated heterocycles. The summed E-state index contributed by atoms with van der Waals surface area (Å²) in [4.78, 5) is 16.5. The van der Waals surface area contributed by atoms with Gasteiger partial charge in [0.25, 0.3) is 0 Å². The molecular weight excluding hydrogens is 368 g/mol. The number of hydrogen-bond acceptors (Lipinski definition) is 8. The topological polar surface area (TPSA) is 101 Å². The molecule has 0 amide bonds. The lowest BCUT2D eigenvalue weighted by Crippen LogP contribution is -2.29. The minimum Gasteiger partial charge on any atom is -0.462 e. The van der Waals surface area contributed by atoms with Crippen molar-refractivity contribution >= 4 is 21.9 Å². The number of sulfonamides is 1. The van der Waals surface area contributed by atoms with E-state index in [9.17, 15) is 8.42 Å². The van der Waals surface area contributed by atoms with Gasteiger partial charge in [-0.05, 0) is 31.0 Å². The molecule has 0 bridgehead atoms. The fourth-order valence-corrected chi connectivity index (χ4v) is 3.53. The second-order valence-electron chi connectivity index (χ2n) is 6.52. The van der Waals surface area contributed by atoms with Crippen molar-refractivity contribution < 1.29 is 13.2 Å². The third kappa shape index (κ3) is 5.51. The van der Waals surface area contributed by atoms with Gasteiger partial charge in [0.05, 0.1) is 4.90 Å². The van der Waals surface area contributed by atoms with Crippen LogP contribution in [0.5, 0.6) is 6.01 Å². The molecule has 0 aliphatic carbocycles. The van der Waals surface area contributed by atoms with Gasteiger partial charge in [-0.15, -0.1) is 0 Å². The number of nitrogens with one attached hydrogen (secondary N) is 1. The molecule has 2 aromatic rings. The van der Waals surface area contributed by atoms with E-state index in [1.165, 1.54) is 0 Å². The van der Waals surface area contributed by atoms with Crippen molar-refractivity contribution in [2.45, 2.75) is 18.7 Å². The summed E-state index contributed by atoms with van der Waals surface area (Å²) >= 11 is 0. The molecule has 148 valence electrons. The molecule has 1 N–H and O–H groups in total. The minimum atomic E-state index is -3.61. The van der Waals surface area contributed by atoms with Gasteiger partial charge in [0.1, 0.15) is 6.61 Å². The lowest BCUT2D eigenvalue weighted by molar-refractivity contribution is 0.297. The van der Waals surface area contributed by atoms with Crippen LogP contribution in [0.15, 0.2) is 23.1 Å². The van der Waals surface area contributed by atoms with Crippen molar-refractivity contribution in [3.63, 3.8) is 0 Å². The Balaban J connectivity index is 2.03. The van der Waals surface area contributed by atoms with Gasteiger partial charge in [-0.1, -0.05) is 12.1 Å². The van der Waals surface area contributed by atoms with Gasteiger partial charge in [-0.2, -0.15) is 15.0 Å². The highest BCUT2D eigenvalue weighted by atomic mass is 32.2. The molecular formula is C17H26N6O3S. The van der Waals surface area contributed by atoms with Crippen molar-refractivity contribution in [3.05, 3.63) is 29.3 Å². The number of aryl methyl sites for hydroxylation is 2. The monoisotopic (exact) mass is 394 g/mol. The lowest BCUT2D eigenvalue weighted by atomic mass is 10.2. The van der Waals surface area contributed by atoms with Crippen LogP contribution < -0.4 is 19.3 Å². The van der Waals surface area contributed by atoms with E-state index in [0.717, 1.165) is 5.56 Å². The zero-order chi connectivity index (χ0) is 20.2. The maximum atomic E-state index is 12.5.